The molecule has 0 bridgehead atoms. The fourth-order valence-electron chi connectivity index (χ4n) is 1.87. The number of aromatic nitrogens is 3. The minimum atomic E-state index is -0.445. The Labute approximate surface area is 106 Å². The Morgan fingerprint density at radius 2 is 2.22 bits per heavy atom. The van der Waals surface area contributed by atoms with Crippen LogP contribution in [0.3, 0.4) is 0 Å². The maximum Gasteiger partial charge on any atom is 0.248 e. The van der Waals surface area contributed by atoms with Crippen LogP contribution in [0, 0.1) is 6.92 Å². The number of hydrogen-bond acceptors (Lipinski definition) is 3. The first-order chi connectivity index (χ1) is 8.61. The van der Waals surface area contributed by atoms with Crippen LogP contribution < -0.4 is 5.73 Å². The lowest BCUT2D eigenvalue weighted by molar-refractivity contribution is 0.1000. The van der Waals surface area contributed by atoms with E-state index in [2.05, 4.69) is 16.9 Å². The van der Waals surface area contributed by atoms with Crippen molar-refractivity contribution in [2.45, 2.75) is 26.7 Å². The highest BCUT2D eigenvalue weighted by Gasteiger charge is 2.09. The van der Waals surface area contributed by atoms with Gasteiger partial charge in [0.15, 0.2) is 0 Å². The maximum atomic E-state index is 11.3. The van der Waals surface area contributed by atoms with Gasteiger partial charge in [-0.05, 0) is 25.5 Å². The highest BCUT2D eigenvalue weighted by Crippen LogP contribution is 2.13. The van der Waals surface area contributed by atoms with Crippen LogP contribution in [0.1, 0.15) is 35.2 Å². The molecule has 2 aromatic heterocycles. The largest absolute Gasteiger partial charge is 0.366 e. The molecule has 0 aliphatic carbocycles. The highest BCUT2D eigenvalue weighted by atomic mass is 16.1. The highest BCUT2D eigenvalue weighted by molar-refractivity contribution is 5.93. The zero-order valence-electron chi connectivity index (χ0n) is 10.6. The van der Waals surface area contributed by atoms with Gasteiger partial charge in [-0.25, -0.2) is 9.97 Å². The predicted molar refractivity (Wildman–Crippen MR) is 68.6 cm³/mol. The fraction of sp³-hybridized carbons (Fsp3) is 0.308. The van der Waals surface area contributed by atoms with Crippen molar-refractivity contribution in [1.29, 1.82) is 0 Å². The maximum absolute atomic E-state index is 11.3. The van der Waals surface area contributed by atoms with E-state index in [1.807, 2.05) is 17.7 Å². The van der Waals surface area contributed by atoms with Crippen molar-refractivity contribution in [3.63, 3.8) is 0 Å². The molecular formula is C13H16N4O. The summed E-state index contributed by atoms with van der Waals surface area (Å²) in [6.45, 7) is 3.93. The molecule has 5 nitrogen and oxygen atoms in total. The molecule has 2 heterocycles. The van der Waals surface area contributed by atoms with Gasteiger partial charge in [0.2, 0.25) is 5.91 Å². The Balaban J connectivity index is 2.49. The third-order valence-electron chi connectivity index (χ3n) is 2.66. The minimum absolute atomic E-state index is 0.445. The molecule has 0 aliphatic heterocycles. The fourth-order valence-corrected chi connectivity index (χ4v) is 1.87. The first-order valence-corrected chi connectivity index (χ1v) is 5.93. The van der Waals surface area contributed by atoms with Gasteiger partial charge in [0.1, 0.15) is 11.6 Å². The van der Waals surface area contributed by atoms with Crippen molar-refractivity contribution in [3.8, 4) is 5.82 Å². The summed E-state index contributed by atoms with van der Waals surface area (Å²) in [7, 11) is 0. The lowest BCUT2D eigenvalue weighted by Gasteiger charge is -2.08. The minimum Gasteiger partial charge on any atom is -0.366 e. The van der Waals surface area contributed by atoms with Gasteiger partial charge in [-0.15, -0.1) is 0 Å². The van der Waals surface area contributed by atoms with Gasteiger partial charge >= 0.3 is 0 Å². The number of nitrogens with two attached hydrogens (primary N) is 1. The molecule has 2 N–H and O–H groups in total. The first-order valence-electron chi connectivity index (χ1n) is 5.93. The average molecular weight is 244 g/mol. The molecule has 5 heteroatoms. The van der Waals surface area contributed by atoms with Crippen LogP contribution in [0.4, 0.5) is 0 Å². The molecule has 94 valence electrons. The number of aryl methyl sites for hydroxylation is 2. The van der Waals surface area contributed by atoms with E-state index in [0.29, 0.717) is 11.4 Å². The van der Waals surface area contributed by atoms with Gasteiger partial charge in [-0.3, -0.25) is 9.36 Å². The SMILES string of the molecule is CCCc1nccn1-c1cc(C(N)=O)cc(C)n1. The van der Waals surface area contributed by atoms with Crippen LogP contribution >= 0.6 is 0 Å². The molecule has 0 aromatic carbocycles. The van der Waals surface area contributed by atoms with E-state index in [1.54, 1.807) is 18.3 Å². The molecule has 0 fully saturated rings. The quantitative estimate of drug-likeness (QED) is 0.888. The third kappa shape index (κ3) is 2.40. The predicted octanol–water partition coefficient (Wildman–Crippen LogP) is 1.63. The summed E-state index contributed by atoms with van der Waals surface area (Å²) < 4.78 is 1.89. The Morgan fingerprint density at radius 1 is 1.44 bits per heavy atom. The van der Waals surface area contributed by atoms with Crippen LogP contribution in [0.5, 0.6) is 0 Å². The summed E-state index contributed by atoms with van der Waals surface area (Å²) in [5.41, 5.74) is 6.54. The zero-order chi connectivity index (χ0) is 13.1. The lowest BCUT2D eigenvalue weighted by atomic mass is 10.2. The summed E-state index contributed by atoms with van der Waals surface area (Å²) in [5, 5.41) is 0. The van der Waals surface area contributed by atoms with Gasteiger partial charge in [0, 0.05) is 30.1 Å². The summed E-state index contributed by atoms with van der Waals surface area (Å²) in [6.07, 6.45) is 5.45. The normalized spacial score (nSPS) is 10.6. The van der Waals surface area contributed by atoms with E-state index >= 15 is 0 Å². The van der Waals surface area contributed by atoms with Gasteiger partial charge < -0.3 is 5.73 Å². The second kappa shape index (κ2) is 5.00. The molecule has 0 radical (unpaired) electrons. The number of carbonyl (C=O) groups is 1. The lowest BCUT2D eigenvalue weighted by Crippen LogP contribution is -2.13. The summed E-state index contributed by atoms with van der Waals surface area (Å²) >= 11 is 0. The standard InChI is InChI=1S/C13H16N4O/c1-3-4-11-15-5-6-17(11)12-8-10(13(14)18)7-9(2)16-12/h5-8H,3-4H2,1-2H3,(H2,14,18). The number of pyridine rings is 1. The summed E-state index contributed by atoms with van der Waals surface area (Å²) in [6, 6.07) is 3.37. The number of primary amides is 1. The van der Waals surface area contributed by atoms with Gasteiger partial charge in [0.25, 0.3) is 0 Å². The Morgan fingerprint density at radius 3 is 2.89 bits per heavy atom. The molecule has 1 amide bonds. The van der Waals surface area contributed by atoms with E-state index in [9.17, 15) is 4.79 Å². The number of rotatable bonds is 4. The van der Waals surface area contributed by atoms with Gasteiger partial charge in [-0.2, -0.15) is 0 Å². The molecule has 0 atom stereocenters. The summed E-state index contributed by atoms with van der Waals surface area (Å²) in [5.74, 6) is 1.18. The zero-order valence-corrected chi connectivity index (χ0v) is 10.6. The number of amides is 1. The van der Waals surface area contributed by atoms with E-state index in [-0.39, 0.29) is 0 Å². The number of hydrogen-bond donors (Lipinski definition) is 1. The van der Waals surface area contributed by atoms with E-state index in [4.69, 9.17) is 5.73 Å². The third-order valence-corrected chi connectivity index (χ3v) is 2.66. The van der Waals surface area contributed by atoms with Gasteiger partial charge in [-0.1, -0.05) is 6.92 Å². The van der Waals surface area contributed by atoms with Crippen LogP contribution in [0.25, 0.3) is 5.82 Å². The van der Waals surface area contributed by atoms with Crippen molar-refractivity contribution in [3.05, 3.63) is 41.6 Å². The Kier molecular flexibility index (Phi) is 3.41. The van der Waals surface area contributed by atoms with Crippen LogP contribution in [0.15, 0.2) is 24.5 Å². The Bertz CT molecular complexity index is 574. The molecule has 2 rings (SSSR count). The topological polar surface area (TPSA) is 73.8 Å². The average Bonchev–Trinajstić information content (AvgIpc) is 2.77. The van der Waals surface area contributed by atoms with Crippen molar-refractivity contribution < 1.29 is 4.79 Å². The van der Waals surface area contributed by atoms with E-state index in [0.717, 1.165) is 24.4 Å². The number of nitrogens with zero attached hydrogens (tertiary/aromatic N) is 3. The van der Waals surface area contributed by atoms with E-state index in [1.165, 1.54) is 0 Å². The molecule has 0 saturated carbocycles. The second-order valence-electron chi connectivity index (χ2n) is 4.18. The second-order valence-corrected chi connectivity index (χ2v) is 4.18. The first kappa shape index (κ1) is 12.3. The van der Waals surface area contributed by atoms with Crippen molar-refractivity contribution >= 4 is 5.91 Å². The molecular weight excluding hydrogens is 228 g/mol. The molecule has 0 spiro atoms. The van der Waals surface area contributed by atoms with Crippen LogP contribution in [-0.2, 0) is 6.42 Å². The summed E-state index contributed by atoms with van der Waals surface area (Å²) in [4.78, 5) is 20.0. The van der Waals surface area contributed by atoms with Crippen molar-refractivity contribution in [2.75, 3.05) is 0 Å². The molecule has 18 heavy (non-hydrogen) atoms. The monoisotopic (exact) mass is 244 g/mol. The van der Waals surface area contributed by atoms with Gasteiger partial charge in [0.05, 0.1) is 0 Å². The van der Waals surface area contributed by atoms with Crippen LogP contribution in [0.2, 0.25) is 0 Å². The van der Waals surface area contributed by atoms with Crippen molar-refractivity contribution in [2.24, 2.45) is 5.73 Å². The van der Waals surface area contributed by atoms with E-state index < -0.39 is 5.91 Å². The molecule has 0 aliphatic rings. The molecule has 0 saturated heterocycles. The van der Waals surface area contributed by atoms with Crippen molar-refractivity contribution in [1.82, 2.24) is 14.5 Å². The smallest absolute Gasteiger partial charge is 0.248 e. The van der Waals surface area contributed by atoms with Crippen LogP contribution in [-0.4, -0.2) is 20.4 Å². The molecule has 2 aromatic rings. The number of imidazole rings is 1. The Hall–Kier alpha value is -2.17. The number of carbonyl (C=O) groups excluding carboxylic acids is 1. The molecule has 0 unspecified atom stereocenters.